The van der Waals surface area contributed by atoms with Gasteiger partial charge in [0.05, 0.1) is 0 Å². The van der Waals surface area contributed by atoms with Crippen molar-refractivity contribution < 1.29 is 9.47 Å². The van der Waals surface area contributed by atoms with Crippen LogP contribution in [0.3, 0.4) is 0 Å². The van der Waals surface area contributed by atoms with E-state index in [0.717, 1.165) is 13.0 Å². The lowest BCUT2D eigenvalue weighted by molar-refractivity contribution is -0.0905. The van der Waals surface area contributed by atoms with E-state index in [9.17, 15) is 0 Å². The van der Waals surface area contributed by atoms with Crippen molar-refractivity contribution in [3.8, 4) is 0 Å². The second-order valence-electron chi connectivity index (χ2n) is 2.72. The number of rotatable bonds is 5. The molecule has 1 unspecified atom stereocenters. The van der Waals surface area contributed by atoms with Gasteiger partial charge in [-0.05, 0) is 26.3 Å². The Hall–Kier alpha value is -0.340. The Bertz CT molecular complexity index is 115. The fourth-order valence-electron chi connectivity index (χ4n) is 0.690. The minimum atomic E-state index is -0.167. The van der Waals surface area contributed by atoms with Crippen LogP contribution in [0.25, 0.3) is 0 Å². The molecular formula is C9H18O2. The molecule has 0 saturated carbocycles. The van der Waals surface area contributed by atoms with Crippen LogP contribution in [0.2, 0.25) is 0 Å². The predicted octanol–water partition coefficient (Wildman–Crippen LogP) is 2.35. The first-order valence-corrected chi connectivity index (χ1v) is 4.00. The predicted molar refractivity (Wildman–Crippen MR) is 46.5 cm³/mol. The number of allylic oxidation sites excluding steroid dienone is 1. The molecule has 0 spiro atoms. The maximum absolute atomic E-state index is 5.35. The van der Waals surface area contributed by atoms with E-state index in [1.54, 1.807) is 7.11 Å². The van der Waals surface area contributed by atoms with Crippen LogP contribution in [0, 0.1) is 0 Å². The Morgan fingerprint density at radius 3 is 2.45 bits per heavy atom. The highest BCUT2D eigenvalue weighted by Crippen LogP contribution is 2.00. The Labute approximate surface area is 69.2 Å². The molecule has 2 heteroatoms. The van der Waals surface area contributed by atoms with Crippen LogP contribution >= 0.6 is 0 Å². The summed E-state index contributed by atoms with van der Waals surface area (Å²) in [5.74, 6) is 0. The zero-order chi connectivity index (χ0) is 8.69. The summed E-state index contributed by atoms with van der Waals surface area (Å²) in [4.78, 5) is 0. The van der Waals surface area contributed by atoms with Crippen molar-refractivity contribution in [2.75, 3.05) is 13.7 Å². The lowest BCUT2D eigenvalue weighted by Gasteiger charge is -2.11. The van der Waals surface area contributed by atoms with E-state index in [0.29, 0.717) is 0 Å². The molecule has 0 radical (unpaired) electrons. The molecule has 0 aromatic carbocycles. The van der Waals surface area contributed by atoms with Gasteiger partial charge in [0.15, 0.2) is 6.29 Å². The van der Waals surface area contributed by atoms with Gasteiger partial charge in [-0.15, -0.1) is 0 Å². The first-order chi connectivity index (χ1) is 5.20. The van der Waals surface area contributed by atoms with E-state index < -0.39 is 0 Å². The lowest BCUT2D eigenvalue weighted by Crippen LogP contribution is -2.13. The van der Waals surface area contributed by atoms with Crippen molar-refractivity contribution >= 4 is 0 Å². The maximum Gasteiger partial charge on any atom is 0.176 e. The molecule has 0 amide bonds. The largest absolute Gasteiger partial charge is 0.352 e. The van der Waals surface area contributed by atoms with Gasteiger partial charge in [0, 0.05) is 13.7 Å². The van der Waals surface area contributed by atoms with E-state index >= 15 is 0 Å². The SMILES string of the molecule is CCCOC(C=C(C)C)OC. The summed E-state index contributed by atoms with van der Waals surface area (Å²) in [5, 5.41) is 0. The number of methoxy groups -OCH3 is 1. The van der Waals surface area contributed by atoms with Gasteiger partial charge < -0.3 is 9.47 Å². The molecule has 0 bridgehead atoms. The summed E-state index contributed by atoms with van der Waals surface area (Å²) in [5.41, 5.74) is 1.22. The zero-order valence-electron chi connectivity index (χ0n) is 7.89. The molecule has 0 aliphatic rings. The van der Waals surface area contributed by atoms with Crippen LogP contribution in [-0.2, 0) is 9.47 Å². The van der Waals surface area contributed by atoms with Crippen LogP contribution in [0.5, 0.6) is 0 Å². The highest BCUT2D eigenvalue weighted by Gasteiger charge is 2.00. The minimum Gasteiger partial charge on any atom is -0.352 e. The van der Waals surface area contributed by atoms with E-state index in [1.807, 2.05) is 19.9 Å². The van der Waals surface area contributed by atoms with Crippen LogP contribution < -0.4 is 0 Å². The fourth-order valence-corrected chi connectivity index (χ4v) is 0.690. The van der Waals surface area contributed by atoms with Gasteiger partial charge in [0.2, 0.25) is 0 Å². The zero-order valence-corrected chi connectivity index (χ0v) is 7.89. The van der Waals surface area contributed by atoms with Crippen molar-refractivity contribution in [1.82, 2.24) is 0 Å². The summed E-state index contributed by atoms with van der Waals surface area (Å²) < 4.78 is 10.4. The molecular weight excluding hydrogens is 140 g/mol. The second-order valence-corrected chi connectivity index (χ2v) is 2.72. The van der Waals surface area contributed by atoms with Gasteiger partial charge in [-0.1, -0.05) is 12.5 Å². The molecule has 0 heterocycles. The van der Waals surface area contributed by atoms with Crippen LogP contribution in [0.1, 0.15) is 27.2 Å². The monoisotopic (exact) mass is 158 g/mol. The normalized spacial score (nSPS) is 12.7. The van der Waals surface area contributed by atoms with Crippen molar-refractivity contribution in [3.05, 3.63) is 11.6 Å². The molecule has 0 fully saturated rings. The standard InChI is InChI=1S/C9H18O2/c1-5-6-11-9(10-4)7-8(2)3/h7,9H,5-6H2,1-4H3. The first kappa shape index (κ1) is 10.7. The molecule has 0 aromatic heterocycles. The van der Waals surface area contributed by atoms with E-state index in [-0.39, 0.29) is 6.29 Å². The third kappa shape index (κ3) is 6.07. The average Bonchev–Trinajstić information content (AvgIpc) is 1.97. The molecule has 0 aromatic rings. The summed E-state index contributed by atoms with van der Waals surface area (Å²) in [7, 11) is 1.65. The maximum atomic E-state index is 5.35. The van der Waals surface area contributed by atoms with E-state index in [4.69, 9.17) is 9.47 Å². The first-order valence-electron chi connectivity index (χ1n) is 4.00. The number of hydrogen-bond acceptors (Lipinski definition) is 2. The smallest absolute Gasteiger partial charge is 0.176 e. The van der Waals surface area contributed by atoms with E-state index in [1.165, 1.54) is 5.57 Å². The third-order valence-electron chi connectivity index (χ3n) is 1.19. The van der Waals surface area contributed by atoms with Crippen molar-refractivity contribution in [2.24, 2.45) is 0 Å². The molecule has 2 nitrogen and oxygen atoms in total. The Morgan fingerprint density at radius 2 is 2.09 bits per heavy atom. The van der Waals surface area contributed by atoms with Gasteiger partial charge in [0.1, 0.15) is 0 Å². The lowest BCUT2D eigenvalue weighted by atomic mass is 10.3. The quantitative estimate of drug-likeness (QED) is 0.451. The van der Waals surface area contributed by atoms with Crippen LogP contribution in [0.4, 0.5) is 0 Å². The van der Waals surface area contributed by atoms with Crippen LogP contribution in [-0.4, -0.2) is 20.0 Å². The molecule has 0 rings (SSSR count). The molecule has 0 aliphatic carbocycles. The summed E-state index contributed by atoms with van der Waals surface area (Å²) in [6.07, 6.45) is 2.83. The topological polar surface area (TPSA) is 18.5 Å². The van der Waals surface area contributed by atoms with Gasteiger partial charge in [-0.3, -0.25) is 0 Å². The molecule has 0 N–H and O–H groups in total. The summed E-state index contributed by atoms with van der Waals surface area (Å²) in [6, 6.07) is 0. The van der Waals surface area contributed by atoms with Crippen LogP contribution in [0.15, 0.2) is 11.6 Å². The minimum absolute atomic E-state index is 0.167. The average molecular weight is 158 g/mol. The third-order valence-corrected chi connectivity index (χ3v) is 1.19. The molecule has 11 heavy (non-hydrogen) atoms. The van der Waals surface area contributed by atoms with Gasteiger partial charge >= 0.3 is 0 Å². The number of hydrogen-bond donors (Lipinski definition) is 0. The molecule has 66 valence electrons. The Kier molecular flexibility index (Phi) is 6.18. The van der Waals surface area contributed by atoms with Crippen molar-refractivity contribution in [2.45, 2.75) is 33.5 Å². The summed E-state index contributed by atoms with van der Waals surface area (Å²) in [6.45, 7) is 6.89. The van der Waals surface area contributed by atoms with Gasteiger partial charge in [-0.2, -0.15) is 0 Å². The van der Waals surface area contributed by atoms with Crippen molar-refractivity contribution in [1.29, 1.82) is 0 Å². The second kappa shape index (κ2) is 6.38. The highest BCUT2D eigenvalue weighted by molar-refractivity contribution is 4.95. The summed E-state index contributed by atoms with van der Waals surface area (Å²) >= 11 is 0. The van der Waals surface area contributed by atoms with Crippen molar-refractivity contribution in [3.63, 3.8) is 0 Å². The Morgan fingerprint density at radius 1 is 1.45 bits per heavy atom. The van der Waals surface area contributed by atoms with Gasteiger partial charge in [-0.25, -0.2) is 0 Å². The van der Waals surface area contributed by atoms with Gasteiger partial charge in [0.25, 0.3) is 0 Å². The molecule has 0 aliphatic heterocycles. The Balaban J connectivity index is 3.67. The highest BCUT2D eigenvalue weighted by atomic mass is 16.7. The molecule has 0 saturated heterocycles. The number of ether oxygens (including phenoxy) is 2. The molecule has 1 atom stereocenters. The van der Waals surface area contributed by atoms with E-state index in [2.05, 4.69) is 6.92 Å². The fraction of sp³-hybridized carbons (Fsp3) is 0.778.